The van der Waals surface area contributed by atoms with Crippen LogP contribution in [-0.2, 0) is 0 Å². The van der Waals surface area contributed by atoms with E-state index >= 15 is 0 Å². The summed E-state index contributed by atoms with van der Waals surface area (Å²) in [7, 11) is 0. The first kappa shape index (κ1) is 8.59. The van der Waals surface area contributed by atoms with Crippen LogP contribution in [0, 0.1) is 0 Å². The minimum atomic E-state index is 0.648. The summed E-state index contributed by atoms with van der Waals surface area (Å²) in [4.78, 5) is 0. The number of nitrogens with two attached hydrogens (primary N) is 1. The molecule has 0 aromatic heterocycles. The number of nitrogens with zero attached hydrogens (tertiary/aromatic N) is 1. The summed E-state index contributed by atoms with van der Waals surface area (Å²) in [5.41, 5.74) is 0.904. The van der Waals surface area contributed by atoms with Crippen molar-refractivity contribution >= 4 is 6.21 Å². The zero-order valence-corrected chi connectivity index (χ0v) is 7.03. The molecule has 1 rings (SSSR count). The first-order chi connectivity index (χ1) is 5.88. The summed E-state index contributed by atoms with van der Waals surface area (Å²) in [5.74, 6) is 5.85. The maximum atomic E-state index is 5.34. The molecule has 0 saturated heterocycles. The molecule has 1 aromatic rings. The Morgan fingerprint density at radius 1 is 1.50 bits per heavy atom. The molecule has 0 aliphatic carbocycles. The predicted molar refractivity (Wildman–Crippen MR) is 49.4 cm³/mol. The molecular formula is C9H12N2O. The van der Waals surface area contributed by atoms with Gasteiger partial charge in [0.15, 0.2) is 0 Å². The number of hydrazone groups is 1. The highest BCUT2D eigenvalue weighted by atomic mass is 16.5. The van der Waals surface area contributed by atoms with Gasteiger partial charge in [-0.25, -0.2) is 0 Å². The first-order valence-corrected chi connectivity index (χ1v) is 3.83. The molecule has 64 valence electrons. The van der Waals surface area contributed by atoms with E-state index in [1.54, 1.807) is 6.21 Å². The van der Waals surface area contributed by atoms with Crippen molar-refractivity contribution in [1.29, 1.82) is 0 Å². The highest BCUT2D eigenvalue weighted by Gasteiger charge is 1.97. The van der Waals surface area contributed by atoms with Crippen molar-refractivity contribution in [3.8, 4) is 5.75 Å². The van der Waals surface area contributed by atoms with E-state index in [1.807, 2.05) is 31.2 Å². The minimum absolute atomic E-state index is 0.648. The van der Waals surface area contributed by atoms with Gasteiger partial charge in [0.25, 0.3) is 0 Å². The van der Waals surface area contributed by atoms with Gasteiger partial charge in [-0.2, -0.15) is 5.10 Å². The molecule has 0 aliphatic heterocycles. The molecule has 3 heteroatoms. The standard InChI is InChI=1S/C9H12N2O/c1-2-12-9-6-4-3-5-8(9)7-11-10/h3-7H,2,10H2,1H3/b11-7+. The lowest BCUT2D eigenvalue weighted by molar-refractivity contribution is 0.340. The average molecular weight is 164 g/mol. The van der Waals surface area contributed by atoms with E-state index in [2.05, 4.69) is 5.10 Å². The largest absolute Gasteiger partial charge is 0.493 e. The lowest BCUT2D eigenvalue weighted by atomic mass is 10.2. The fraction of sp³-hybridized carbons (Fsp3) is 0.222. The van der Waals surface area contributed by atoms with E-state index in [-0.39, 0.29) is 0 Å². The number of hydrogen-bond acceptors (Lipinski definition) is 3. The highest BCUT2D eigenvalue weighted by molar-refractivity contribution is 5.83. The summed E-state index contributed by atoms with van der Waals surface area (Å²) in [5, 5.41) is 3.44. The van der Waals surface area contributed by atoms with Crippen LogP contribution >= 0.6 is 0 Å². The fourth-order valence-corrected chi connectivity index (χ4v) is 0.954. The second-order valence-electron chi connectivity index (χ2n) is 2.25. The Balaban J connectivity index is 2.91. The van der Waals surface area contributed by atoms with Crippen LogP contribution in [0.1, 0.15) is 12.5 Å². The first-order valence-electron chi connectivity index (χ1n) is 3.83. The quantitative estimate of drug-likeness (QED) is 0.416. The van der Waals surface area contributed by atoms with Crippen molar-refractivity contribution in [1.82, 2.24) is 0 Å². The lowest BCUT2D eigenvalue weighted by Gasteiger charge is -2.04. The summed E-state index contributed by atoms with van der Waals surface area (Å²) in [6.45, 7) is 2.59. The Morgan fingerprint density at radius 3 is 2.92 bits per heavy atom. The summed E-state index contributed by atoms with van der Waals surface area (Å²) in [6, 6.07) is 7.63. The number of ether oxygens (including phenoxy) is 1. The maximum Gasteiger partial charge on any atom is 0.128 e. The van der Waals surface area contributed by atoms with E-state index < -0.39 is 0 Å². The van der Waals surface area contributed by atoms with Gasteiger partial charge in [0, 0.05) is 5.56 Å². The van der Waals surface area contributed by atoms with E-state index in [1.165, 1.54) is 0 Å². The van der Waals surface area contributed by atoms with Gasteiger partial charge in [0.2, 0.25) is 0 Å². The van der Waals surface area contributed by atoms with Gasteiger partial charge in [-0.1, -0.05) is 12.1 Å². The average Bonchev–Trinajstić information content (AvgIpc) is 2.09. The van der Waals surface area contributed by atoms with Gasteiger partial charge < -0.3 is 10.6 Å². The van der Waals surface area contributed by atoms with Crippen LogP contribution in [0.2, 0.25) is 0 Å². The molecule has 0 spiro atoms. The Bertz CT molecular complexity index is 271. The van der Waals surface area contributed by atoms with E-state index in [0.717, 1.165) is 11.3 Å². The third-order valence-electron chi connectivity index (χ3n) is 1.43. The van der Waals surface area contributed by atoms with E-state index in [4.69, 9.17) is 10.6 Å². The fourth-order valence-electron chi connectivity index (χ4n) is 0.954. The van der Waals surface area contributed by atoms with Gasteiger partial charge in [-0.3, -0.25) is 0 Å². The SMILES string of the molecule is CCOc1ccccc1/C=N/N. The zero-order valence-electron chi connectivity index (χ0n) is 7.03. The van der Waals surface area contributed by atoms with Crippen molar-refractivity contribution in [2.24, 2.45) is 10.9 Å². The molecule has 0 fully saturated rings. The molecule has 3 nitrogen and oxygen atoms in total. The second-order valence-corrected chi connectivity index (χ2v) is 2.25. The zero-order chi connectivity index (χ0) is 8.81. The highest BCUT2D eigenvalue weighted by Crippen LogP contribution is 2.15. The Kier molecular flexibility index (Phi) is 3.14. The van der Waals surface area contributed by atoms with E-state index in [9.17, 15) is 0 Å². The molecule has 0 radical (unpaired) electrons. The topological polar surface area (TPSA) is 47.6 Å². The lowest BCUT2D eigenvalue weighted by Crippen LogP contribution is -1.96. The van der Waals surface area contributed by atoms with Crippen molar-refractivity contribution in [2.75, 3.05) is 6.61 Å². The molecule has 1 aromatic carbocycles. The molecule has 0 amide bonds. The van der Waals surface area contributed by atoms with Crippen molar-refractivity contribution in [3.05, 3.63) is 29.8 Å². The molecule has 0 atom stereocenters. The molecule has 2 N–H and O–H groups in total. The van der Waals surface area contributed by atoms with Crippen LogP contribution in [0.3, 0.4) is 0 Å². The van der Waals surface area contributed by atoms with Gasteiger partial charge in [0.1, 0.15) is 5.75 Å². The number of benzene rings is 1. The molecule has 0 saturated carbocycles. The van der Waals surface area contributed by atoms with Crippen LogP contribution in [0.25, 0.3) is 0 Å². The van der Waals surface area contributed by atoms with Crippen molar-refractivity contribution in [3.63, 3.8) is 0 Å². The molecule has 0 bridgehead atoms. The van der Waals surface area contributed by atoms with Crippen LogP contribution in [0.4, 0.5) is 0 Å². The molecular weight excluding hydrogens is 152 g/mol. The minimum Gasteiger partial charge on any atom is -0.493 e. The van der Waals surface area contributed by atoms with Gasteiger partial charge in [-0.05, 0) is 19.1 Å². The molecule has 12 heavy (non-hydrogen) atoms. The van der Waals surface area contributed by atoms with Crippen LogP contribution in [0.15, 0.2) is 29.4 Å². The summed E-state index contributed by atoms with van der Waals surface area (Å²) in [6.07, 6.45) is 1.57. The third-order valence-corrected chi connectivity index (χ3v) is 1.43. The number of para-hydroxylation sites is 1. The number of rotatable bonds is 3. The number of hydrogen-bond donors (Lipinski definition) is 1. The monoisotopic (exact) mass is 164 g/mol. The Labute approximate surface area is 71.8 Å². The molecule has 0 heterocycles. The van der Waals surface area contributed by atoms with Gasteiger partial charge in [-0.15, -0.1) is 0 Å². The molecule has 0 aliphatic rings. The normalized spacial score (nSPS) is 10.4. The van der Waals surface area contributed by atoms with Crippen LogP contribution < -0.4 is 10.6 Å². The Hall–Kier alpha value is -1.51. The van der Waals surface area contributed by atoms with Crippen LogP contribution in [-0.4, -0.2) is 12.8 Å². The second kappa shape index (κ2) is 4.38. The van der Waals surface area contributed by atoms with E-state index in [0.29, 0.717) is 6.61 Å². The summed E-state index contributed by atoms with van der Waals surface area (Å²) < 4.78 is 5.34. The predicted octanol–water partition coefficient (Wildman–Crippen LogP) is 1.38. The Morgan fingerprint density at radius 2 is 2.25 bits per heavy atom. The third kappa shape index (κ3) is 1.99. The van der Waals surface area contributed by atoms with Crippen molar-refractivity contribution < 1.29 is 4.74 Å². The van der Waals surface area contributed by atoms with Crippen molar-refractivity contribution in [2.45, 2.75) is 6.92 Å². The smallest absolute Gasteiger partial charge is 0.128 e. The van der Waals surface area contributed by atoms with Crippen LogP contribution in [0.5, 0.6) is 5.75 Å². The van der Waals surface area contributed by atoms with Gasteiger partial charge >= 0.3 is 0 Å². The van der Waals surface area contributed by atoms with Gasteiger partial charge in [0.05, 0.1) is 12.8 Å². The molecule has 0 unspecified atom stereocenters. The maximum absolute atomic E-state index is 5.34. The summed E-state index contributed by atoms with van der Waals surface area (Å²) >= 11 is 0.